The summed E-state index contributed by atoms with van der Waals surface area (Å²) in [5.74, 6) is -2.28. The second-order valence-electron chi connectivity index (χ2n) is 6.73. The normalized spacial score (nSPS) is 22.7. The van der Waals surface area contributed by atoms with Crippen LogP contribution in [0.2, 0.25) is 15.5 Å². The van der Waals surface area contributed by atoms with E-state index >= 15 is 0 Å². The highest BCUT2D eigenvalue weighted by Gasteiger charge is 2.57. The Kier molecular flexibility index (Phi) is 4.25. The van der Waals surface area contributed by atoms with Gasteiger partial charge < -0.3 is 10.7 Å². The number of hydrogen-bond donors (Lipinski definition) is 2. The Morgan fingerprint density at radius 2 is 1.54 bits per heavy atom. The number of aromatic amines is 1. The van der Waals surface area contributed by atoms with Gasteiger partial charge in [-0.15, -0.1) is 5.21 Å². The highest BCUT2D eigenvalue weighted by atomic mass is 35.5. The number of nitrogens with two attached hydrogens (primary N) is 1. The van der Waals surface area contributed by atoms with E-state index in [1.807, 2.05) is 0 Å². The minimum atomic E-state index is -2.17. The lowest BCUT2D eigenvalue weighted by Crippen LogP contribution is -2.58. The largest absolute Gasteiger partial charge is 0.369 e. The van der Waals surface area contributed by atoms with E-state index in [1.165, 1.54) is 0 Å². The number of carbonyl (C=O) groups excluding carboxylic acids is 1. The molecule has 1 aromatic heterocycles. The van der Waals surface area contributed by atoms with Crippen molar-refractivity contribution in [2.75, 3.05) is 0 Å². The lowest BCUT2D eigenvalue weighted by atomic mass is 9.13. The summed E-state index contributed by atoms with van der Waals surface area (Å²) in [6.07, 6.45) is 0. The molecule has 1 aromatic carbocycles. The molecule has 0 bridgehead atoms. The number of primary amides is 1. The van der Waals surface area contributed by atoms with Gasteiger partial charge in [0.15, 0.2) is 0 Å². The van der Waals surface area contributed by atoms with Crippen molar-refractivity contribution in [3.63, 3.8) is 0 Å². The third kappa shape index (κ3) is 2.11. The van der Waals surface area contributed by atoms with Crippen LogP contribution in [0.4, 0.5) is 0 Å². The summed E-state index contributed by atoms with van der Waals surface area (Å²) in [4.78, 5) is 15.0. The molecule has 18 radical (unpaired) electrons. The van der Waals surface area contributed by atoms with E-state index in [-0.39, 0.29) is 43.6 Å². The molecule has 0 spiro atoms. The molecule has 1 atom stereocenters. The molecule has 1 heterocycles. The average Bonchev–Trinajstić information content (AvgIpc) is 2.89. The third-order valence-corrected chi connectivity index (χ3v) is 5.60. The predicted octanol–water partition coefficient (Wildman–Crippen LogP) is -3.82. The van der Waals surface area contributed by atoms with E-state index in [0.29, 0.717) is 0 Å². The Hall–Kier alpha value is -0.896. The van der Waals surface area contributed by atoms with Crippen LogP contribution in [0.15, 0.2) is 0 Å². The second kappa shape index (κ2) is 5.56. The molecule has 0 fully saturated rings. The van der Waals surface area contributed by atoms with Crippen LogP contribution in [0.1, 0.15) is 17.2 Å². The van der Waals surface area contributed by atoms with Gasteiger partial charge >= 0.3 is 0 Å². The van der Waals surface area contributed by atoms with Crippen molar-refractivity contribution in [1.82, 2.24) is 4.98 Å². The molecule has 3 nitrogen and oxygen atoms in total. The zero-order valence-corrected chi connectivity index (χ0v) is 14.4. The molecule has 1 aliphatic rings. The van der Waals surface area contributed by atoms with Gasteiger partial charge in [0, 0.05) is 16.2 Å². The van der Waals surface area contributed by atoms with Gasteiger partial charge in [-0.2, -0.15) is 0 Å². The minimum Gasteiger partial charge on any atom is -0.369 e. The van der Waals surface area contributed by atoms with Gasteiger partial charge in [0.2, 0.25) is 5.91 Å². The Balaban J connectivity index is 2.60. The summed E-state index contributed by atoms with van der Waals surface area (Å²) in [5.41, 5.74) is 6.02. The van der Waals surface area contributed by atoms with Crippen LogP contribution in [0.3, 0.4) is 0 Å². The quantitative estimate of drug-likeness (QED) is 0.515. The monoisotopic (exact) mass is 338 g/mol. The van der Waals surface area contributed by atoms with Crippen molar-refractivity contribution in [2.45, 2.75) is 21.6 Å². The minimum absolute atomic E-state index is 0.0137. The zero-order chi connectivity index (χ0) is 20.0. The van der Waals surface area contributed by atoms with Gasteiger partial charge in [0.25, 0.3) is 0 Å². The molecular weight excluding hydrogens is 333 g/mol. The van der Waals surface area contributed by atoms with Crippen LogP contribution in [-0.4, -0.2) is 81.5 Å². The lowest BCUT2D eigenvalue weighted by Gasteiger charge is -2.62. The van der Waals surface area contributed by atoms with Crippen molar-refractivity contribution in [3.8, 4) is 0 Å². The summed E-state index contributed by atoms with van der Waals surface area (Å²) >= 11 is 6.15. The number of rotatable bonds is 1. The van der Waals surface area contributed by atoms with Crippen LogP contribution >= 0.6 is 11.6 Å². The molecule has 1 aliphatic carbocycles. The number of hydrogen-bond acceptors (Lipinski definition) is 1. The molecule has 1 amide bonds. The second-order valence-corrected chi connectivity index (χ2v) is 7.10. The van der Waals surface area contributed by atoms with Gasteiger partial charge in [0.1, 0.15) is 23.5 Å². The Morgan fingerprint density at radius 3 is 2.04 bits per heavy atom. The molecule has 3 rings (SSSR count). The van der Waals surface area contributed by atoms with Gasteiger partial charge in [-0.1, -0.05) is 38.4 Å². The van der Waals surface area contributed by atoms with E-state index in [4.69, 9.17) is 88.0 Å². The first-order chi connectivity index (χ1) is 11.7. The van der Waals surface area contributed by atoms with Crippen LogP contribution in [0.5, 0.6) is 0 Å². The molecular formula is C13H4B9ClN2O. The molecule has 2 aromatic rings. The predicted molar refractivity (Wildman–Crippen MR) is 113 cm³/mol. The van der Waals surface area contributed by atoms with Crippen molar-refractivity contribution in [3.05, 3.63) is 16.3 Å². The summed E-state index contributed by atoms with van der Waals surface area (Å²) in [7, 11) is 54.9. The molecule has 0 saturated heterocycles. The number of aromatic nitrogens is 1. The zero-order valence-electron chi connectivity index (χ0n) is 13.6. The van der Waals surface area contributed by atoms with Gasteiger partial charge in [-0.25, -0.2) is 0 Å². The average molecular weight is 337 g/mol. The third-order valence-electron chi connectivity index (χ3n) is 5.20. The number of nitrogens with one attached hydrogen (secondary N) is 1. The van der Waals surface area contributed by atoms with Gasteiger partial charge in [-0.05, 0) is 10.9 Å². The molecule has 13 heteroatoms. The molecule has 0 saturated carbocycles. The number of amides is 1. The summed E-state index contributed by atoms with van der Waals surface area (Å²) < 4.78 is 0. The van der Waals surface area contributed by atoms with Crippen molar-refractivity contribution >= 4 is 115 Å². The first-order valence-corrected chi connectivity index (χ1v) is 7.77. The first-order valence-electron chi connectivity index (χ1n) is 7.40. The highest BCUT2D eigenvalue weighted by molar-refractivity contribution is 6.65. The van der Waals surface area contributed by atoms with E-state index in [9.17, 15) is 4.79 Å². The fourth-order valence-corrected chi connectivity index (χ4v) is 3.76. The van der Waals surface area contributed by atoms with Crippen LogP contribution in [0.25, 0.3) is 10.9 Å². The standard InChI is InChI=1S/C13H4B9ClN2O/c14-4-1-2-9(25-8(1)6(16)5(15)7(4)23)3(10(24)26)12(19,20)13(21,22)11(2,17)18/h3,25H,(H2,24,26). The lowest BCUT2D eigenvalue weighted by molar-refractivity contribution is -0.120. The van der Waals surface area contributed by atoms with E-state index in [0.717, 1.165) is 0 Å². The topological polar surface area (TPSA) is 58.9 Å². The van der Waals surface area contributed by atoms with Crippen molar-refractivity contribution in [1.29, 1.82) is 0 Å². The first kappa shape index (κ1) is 19.9. The maximum absolute atomic E-state index is 12.1. The maximum atomic E-state index is 12.1. The number of H-pyrrole nitrogens is 1. The number of carbonyl (C=O) groups is 1. The smallest absolute Gasteiger partial charge is 0.225 e. The molecule has 106 valence electrons. The number of fused-ring (bicyclic) bond motifs is 3. The van der Waals surface area contributed by atoms with Crippen LogP contribution in [0, 0.1) is 0 Å². The highest BCUT2D eigenvalue weighted by Crippen LogP contribution is 2.65. The van der Waals surface area contributed by atoms with Crippen molar-refractivity contribution in [2.24, 2.45) is 5.73 Å². The number of benzene rings is 1. The summed E-state index contributed by atoms with van der Waals surface area (Å²) in [6, 6.07) is 0. The molecule has 3 N–H and O–H groups in total. The van der Waals surface area contributed by atoms with Gasteiger partial charge in [0.05, 0.1) is 53.0 Å². The van der Waals surface area contributed by atoms with E-state index < -0.39 is 27.5 Å². The van der Waals surface area contributed by atoms with E-state index in [2.05, 4.69) is 4.98 Å². The fourth-order valence-electron chi connectivity index (χ4n) is 3.57. The fraction of sp³-hybridized carbons (Fsp3) is 0.308. The number of halogens is 1. The molecule has 1 unspecified atom stereocenters. The summed E-state index contributed by atoms with van der Waals surface area (Å²) in [6.45, 7) is 0. The van der Waals surface area contributed by atoms with Gasteiger partial charge in [-0.3, -0.25) is 4.79 Å². The van der Waals surface area contributed by atoms with Crippen LogP contribution < -0.4 is 22.1 Å². The molecule has 26 heavy (non-hydrogen) atoms. The SMILES string of the molecule is [B]c1c(Cl)c([B])c2c3c([nH]c2c1[B])C(C(N)=O)C([B])([B])C([B])([B])C3([B])[B]. The Morgan fingerprint density at radius 1 is 1.00 bits per heavy atom. The van der Waals surface area contributed by atoms with E-state index in [1.54, 1.807) is 0 Å². The Labute approximate surface area is 168 Å². The summed E-state index contributed by atoms with van der Waals surface area (Å²) in [5, 5.41) is -6.11. The van der Waals surface area contributed by atoms with Crippen molar-refractivity contribution < 1.29 is 4.79 Å². The van der Waals surface area contributed by atoms with Crippen LogP contribution in [-0.2, 0) is 10.0 Å². The molecule has 0 aliphatic heterocycles. The maximum Gasteiger partial charge on any atom is 0.225 e. The Bertz CT molecular complexity index is 969.